The number of hydrogen-bond acceptors (Lipinski definition) is 12. The maximum atomic E-state index is 13.2. The lowest BCUT2D eigenvalue weighted by molar-refractivity contribution is -0.384. The number of fused-ring (bicyclic) bond motifs is 2. The fourth-order valence-corrected chi connectivity index (χ4v) is 7.54. The molecule has 33 heavy (non-hydrogen) atoms. The molecule has 174 valence electrons. The number of non-ortho nitro benzene ring substituents is 1. The van der Waals surface area contributed by atoms with Crippen LogP contribution in [-0.2, 0) is 24.1 Å². The molecule has 2 aliphatic rings. The van der Waals surface area contributed by atoms with E-state index in [1.807, 2.05) is 0 Å². The second-order valence-corrected chi connectivity index (χ2v) is 12.0. The molecule has 0 bridgehead atoms. The van der Waals surface area contributed by atoms with Gasteiger partial charge in [-0.3, -0.25) is 23.7 Å². The highest BCUT2D eigenvalue weighted by Gasteiger charge is 2.53. The molecule has 5 atom stereocenters. The highest BCUT2D eigenvalue weighted by molar-refractivity contribution is 9.10. The number of aliphatic hydroxyl groups is 1. The zero-order chi connectivity index (χ0) is 23.3. The van der Waals surface area contributed by atoms with E-state index in [9.17, 15) is 19.8 Å². The van der Waals surface area contributed by atoms with Crippen molar-refractivity contribution in [2.75, 3.05) is 12.3 Å². The number of aromatic nitrogens is 4. The number of hydrogen-bond donors (Lipinski definition) is 2. The maximum Gasteiger partial charge on any atom is 0.389 e. The lowest BCUT2D eigenvalue weighted by Gasteiger charge is -2.31. The minimum atomic E-state index is -3.63. The lowest BCUT2D eigenvalue weighted by Crippen LogP contribution is -2.38. The molecule has 1 aromatic carbocycles. The van der Waals surface area contributed by atoms with Gasteiger partial charge in [0.25, 0.3) is 5.69 Å². The summed E-state index contributed by atoms with van der Waals surface area (Å²) in [5.41, 5.74) is 7.23. The summed E-state index contributed by atoms with van der Waals surface area (Å²) in [6.07, 6.45) is -2.45. The van der Waals surface area contributed by atoms with Gasteiger partial charge in [0.1, 0.15) is 24.6 Å². The van der Waals surface area contributed by atoms with Crippen LogP contribution in [0.25, 0.3) is 11.2 Å². The molecule has 2 fully saturated rings. The molecule has 2 saturated heterocycles. The van der Waals surface area contributed by atoms with Gasteiger partial charge < -0.3 is 15.6 Å². The number of benzene rings is 1. The number of rotatable bonds is 5. The first-order valence-electron chi connectivity index (χ1n) is 9.54. The zero-order valence-corrected chi connectivity index (χ0v) is 19.9. The predicted octanol–water partition coefficient (Wildman–Crippen LogP) is 2.79. The average molecular weight is 559 g/mol. The Morgan fingerprint density at radius 2 is 2.12 bits per heavy atom. The Kier molecular flexibility index (Phi) is 5.89. The van der Waals surface area contributed by atoms with E-state index in [0.717, 1.165) is 11.4 Å². The highest BCUT2D eigenvalue weighted by Crippen LogP contribution is 2.66. The Morgan fingerprint density at radius 3 is 2.85 bits per heavy atom. The minimum Gasteiger partial charge on any atom is -0.386 e. The molecule has 2 aromatic heterocycles. The van der Waals surface area contributed by atoms with Crippen LogP contribution in [0, 0.1) is 10.1 Å². The Morgan fingerprint density at radius 1 is 1.36 bits per heavy atom. The van der Waals surface area contributed by atoms with Crippen molar-refractivity contribution in [1.82, 2.24) is 19.5 Å². The van der Waals surface area contributed by atoms with Crippen LogP contribution in [0.3, 0.4) is 0 Å². The number of nitro groups is 1. The number of imidazole rings is 1. The normalized spacial score (nSPS) is 29.3. The van der Waals surface area contributed by atoms with Crippen molar-refractivity contribution in [2.24, 2.45) is 0 Å². The summed E-state index contributed by atoms with van der Waals surface area (Å²) in [6, 6.07) is 5.88. The van der Waals surface area contributed by atoms with Crippen LogP contribution in [-0.4, -0.2) is 54.5 Å². The number of nitrogens with zero attached hydrogens (tertiary/aromatic N) is 5. The smallest absolute Gasteiger partial charge is 0.386 e. The number of aliphatic hydroxyl groups excluding tert-OH is 1. The molecule has 0 saturated carbocycles. The van der Waals surface area contributed by atoms with Crippen LogP contribution in [0.4, 0.5) is 11.5 Å². The quantitative estimate of drug-likeness (QED) is 0.203. The van der Waals surface area contributed by atoms with Gasteiger partial charge >= 0.3 is 6.80 Å². The van der Waals surface area contributed by atoms with Crippen molar-refractivity contribution >= 4 is 56.8 Å². The van der Waals surface area contributed by atoms with Gasteiger partial charge in [-0.15, -0.1) is 0 Å². The highest BCUT2D eigenvalue weighted by atomic mass is 79.9. The van der Waals surface area contributed by atoms with E-state index >= 15 is 0 Å². The van der Waals surface area contributed by atoms with E-state index in [1.165, 1.54) is 23.0 Å². The van der Waals surface area contributed by atoms with Crippen LogP contribution in [0.5, 0.6) is 0 Å². The Balaban J connectivity index is 1.32. The summed E-state index contributed by atoms with van der Waals surface area (Å²) in [5, 5.41) is 21.8. The fraction of sp³-hybridized carbons (Fsp3) is 0.353. The van der Waals surface area contributed by atoms with E-state index in [1.54, 1.807) is 12.1 Å². The van der Waals surface area contributed by atoms with E-state index in [2.05, 4.69) is 30.9 Å². The monoisotopic (exact) mass is 558 g/mol. The molecule has 0 amide bonds. The second-order valence-electron chi connectivity index (χ2n) is 7.25. The van der Waals surface area contributed by atoms with Crippen molar-refractivity contribution < 1.29 is 28.4 Å². The first-order valence-corrected chi connectivity index (χ1v) is 13.5. The number of halogens is 1. The van der Waals surface area contributed by atoms with Crippen molar-refractivity contribution in [1.29, 1.82) is 0 Å². The minimum absolute atomic E-state index is 0.0362. The van der Waals surface area contributed by atoms with Gasteiger partial charge in [0.15, 0.2) is 27.9 Å². The van der Waals surface area contributed by atoms with Gasteiger partial charge in [0.2, 0.25) is 0 Å². The van der Waals surface area contributed by atoms with Gasteiger partial charge in [-0.05, 0) is 32.9 Å². The van der Waals surface area contributed by atoms with Crippen molar-refractivity contribution in [3.63, 3.8) is 0 Å². The molecule has 0 aliphatic carbocycles. The lowest BCUT2D eigenvalue weighted by atomic mass is 10.1. The van der Waals surface area contributed by atoms with E-state index < -0.39 is 36.3 Å². The SMILES string of the molecule is Nc1ncnc2c1nc(Br)n2C1OC2COP(=O)(SCc3ccc([N+](=O)[O-])cc3)OC2C1O. The predicted molar refractivity (Wildman–Crippen MR) is 120 cm³/mol. The molecule has 3 N–H and O–H groups in total. The van der Waals surface area contributed by atoms with Crippen molar-refractivity contribution in [3.8, 4) is 0 Å². The standard InChI is InChI=1S/C17H16BrN6O7PS/c18-17-22-11-14(19)20-7-21-15(11)23(17)16-12(25)13-10(30-16)5-29-32(28,31-13)33-6-8-1-3-9(4-2-8)24(26)27/h1-4,7,10,12-13,16,25H,5-6H2,(H2,19,20,21). The topological polar surface area (TPSA) is 178 Å². The fourth-order valence-electron chi connectivity index (χ4n) is 3.60. The van der Waals surface area contributed by atoms with Crippen LogP contribution < -0.4 is 5.73 Å². The molecule has 13 nitrogen and oxygen atoms in total. The number of nitro benzene ring substituents is 1. The van der Waals surface area contributed by atoms with Crippen LogP contribution in [0.2, 0.25) is 0 Å². The largest absolute Gasteiger partial charge is 0.389 e. The van der Waals surface area contributed by atoms with E-state index in [4.69, 9.17) is 19.5 Å². The summed E-state index contributed by atoms with van der Waals surface area (Å²) < 4.78 is 32.1. The van der Waals surface area contributed by atoms with Crippen LogP contribution in [0.15, 0.2) is 35.3 Å². The van der Waals surface area contributed by atoms with Gasteiger partial charge in [0, 0.05) is 17.9 Å². The van der Waals surface area contributed by atoms with Gasteiger partial charge in [-0.25, -0.2) is 19.5 Å². The molecule has 16 heteroatoms. The van der Waals surface area contributed by atoms with Gasteiger partial charge in [0.05, 0.1) is 11.5 Å². The average Bonchev–Trinajstić information content (AvgIpc) is 3.29. The molecule has 0 spiro atoms. The van der Waals surface area contributed by atoms with Crippen molar-refractivity contribution in [3.05, 3.63) is 51.0 Å². The Bertz CT molecular complexity index is 1280. The number of nitrogen functional groups attached to an aromatic ring is 1. The molecule has 0 radical (unpaired) electrons. The first-order chi connectivity index (χ1) is 15.8. The van der Waals surface area contributed by atoms with Crippen LogP contribution >= 0.6 is 34.1 Å². The third kappa shape index (κ3) is 4.14. The van der Waals surface area contributed by atoms with Gasteiger partial charge in [-0.2, -0.15) is 0 Å². The summed E-state index contributed by atoms with van der Waals surface area (Å²) in [6.45, 7) is -3.68. The Labute approximate surface area is 198 Å². The third-order valence-corrected chi connectivity index (χ3v) is 9.43. The molecule has 3 aromatic rings. The summed E-state index contributed by atoms with van der Waals surface area (Å²) >= 11 is 4.27. The van der Waals surface area contributed by atoms with Gasteiger partial charge in [-0.1, -0.05) is 12.1 Å². The Hall–Kier alpha value is -2.13. The molecular formula is C17H16BrN6O7PS. The summed E-state index contributed by atoms with van der Waals surface area (Å²) in [5.74, 6) is 0.414. The zero-order valence-electron chi connectivity index (χ0n) is 16.6. The second kappa shape index (κ2) is 8.58. The number of anilines is 1. The third-order valence-electron chi connectivity index (χ3n) is 5.21. The first kappa shape index (κ1) is 22.7. The maximum absolute atomic E-state index is 13.2. The van der Waals surface area contributed by atoms with Crippen molar-refractivity contribution in [2.45, 2.75) is 30.3 Å². The number of nitrogens with two attached hydrogens (primary N) is 1. The summed E-state index contributed by atoms with van der Waals surface area (Å²) in [4.78, 5) is 22.7. The number of ether oxygens (including phenoxy) is 1. The molecule has 4 heterocycles. The molecule has 5 unspecified atom stereocenters. The van der Waals surface area contributed by atoms with E-state index in [-0.39, 0.29) is 23.9 Å². The molecule has 2 aliphatic heterocycles. The summed E-state index contributed by atoms with van der Waals surface area (Å²) in [7, 11) is 0. The van der Waals surface area contributed by atoms with E-state index in [0.29, 0.717) is 21.5 Å². The molecule has 5 rings (SSSR count). The molecular weight excluding hydrogens is 543 g/mol. The van der Waals surface area contributed by atoms with Crippen LogP contribution in [0.1, 0.15) is 11.8 Å².